The molecule has 302 valence electrons. The first kappa shape index (κ1) is 42.4. The highest BCUT2D eigenvalue weighted by Crippen LogP contribution is 2.33. The van der Waals surface area contributed by atoms with Crippen molar-refractivity contribution in [3.8, 4) is 0 Å². The molecule has 1 N–H and O–H groups in total. The highest BCUT2D eigenvalue weighted by Gasteiger charge is 2.54. The zero-order valence-electron chi connectivity index (χ0n) is 31.6. The van der Waals surface area contributed by atoms with Crippen LogP contribution in [-0.2, 0) is 86.4 Å². The quantitative estimate of drug-likeness (QED) is 0.155. The number of aliphatic hydroxyl groups is 1. The van der Waals surface area contributed by atoms with Crippen molar-refractivity contribution in [2.24, 2.45) is 0 Å². The molecular weight excluding hydrogens is 732 g/mol. The van der Waals surface area contributed by atoms with Crippen LogP contribution in [0.2, 0.25) is 0 Å². The summed E-state index contributed by atoms with van der Waals surface area (Å²) in [4.78, 5) is 48.7. The van der Waals surface area contributed by atoms with Gasteiger partial charge in [-0.3, -0.25) is 19.2 Å². The van der Waals surface area contributed by atoms with Crippen molar-refractivity contribution in [1.82, 2.24) is 0 Å². The minimum Gasteiger partial charge on any atom is -0.463 e. The van der Waals surface area contributed by atoms with E-state index in [1.165, 1.54) is 6.92 Å². The summed E-state index contributed by atoms with van der Waals surface area (Å²) in [6, 6.07) is 28.3. The standard InChI is InChI=1S/C41H48O15/c1-25(42)47-23-33-35(52-26(2)43)37(53-27(3)44)39(54-28(4)45)41(56-33)51-24-32-34(48-20-29-14-8-5-9-15-29)36(49-21-30-16-10-6-11-17-30)38(40(46)55-32)50-22-31-18-12-7-13-19-31/h5-19,32-41,46H,20-24H2,1-4H3/t32-,33-,34-,35-,36+,37+,38-,39-,40+,41-/m1/s1. The maximum Gasteiger partial charge on any atom is 0.303 e. The molecule has 15 nitrogen and oxygen atoms in total. The molecule has 15 heteroatoms. The van der Waals surface area contributed by atoms with Gasteiger partial charge in [0.25, 0.3) is 0 Å². The third kappa shape index (κ3) is 12.4. The number of esters is 4. The van der Waals surface area contributed by atoms with Gasteiger partial charge in [0.05, 0.1) is 26.4 Å². The molecule has 2 heterocycles. The molecule has 0 saturated carbocycles. The third-order valence-corrected chi connectivity index (χ3v) is 8.84. The summed E-state index contributed by atoms with van der Waals surface area (Å²) < 4.78 is 59.7. The van der Waals surface area contributed by atoms with Crippen molar-refractivity contribution in [2.45, 2.75) is 109 Å². The average Bonchev–Trinajstić information content (AvgIpc) is 3.17. The molecule has 2 fully saturated rings. The van der Waals surface area contributed by atoms with Gasteiger partial charge >= 0.3 is 23.9 Å². The molecule has 3 aromatic carbocycles. The summed E-state index contributed by atoms with van der Waals surface area (Å²) >= 11 is 0. The van der Waals surface area contributed by atoms with Gasteiger partial charge in [0.15, 0.2) is 30.9 Å². The Bertz CT molecular complexity index is 1690. The molecule has 0 amide bonds. The van der Waals surface area contributed by atoms with Gasteiger partial charge in [-0.05, 0) is 16.7 Å². The predicted octanol–water partition coefficient (Wildman–Crippen LogP) is 3.56. The summed E-state index contributed by atoms with van der Waals surface area (Å²) in [6.45, 7) is 4.16. The average molecular weight is 781 g/mol. The van der Waals surface area contributed by atoms with E-state index in [2.05, 4.69) is 0 Å². The van der Waals surface area contributed by atoms with E-state index in [4.69, 9.17) is 47.4 Å². The van der Waals surface area contributed by atoms with Crippen molar-refractivity contribution in [3.63, 3.8) is 0 Å². The van der Waals surface area contributed by atoms with Gasteiger partial charge in [-0.15, -0.1) is 0 Å². The van der Waals surface area contributed by atoms with Gasteiger partial charge in [0.1, 0.15) is 37.1 Å². The van der Waals surface area contributed by atoms with E-state index >= 15 is 0 Å². The lowest BCUT2D eigenvalue weighted by Gasteiger charge is -2.46. The van der Waals surface area contributed by atoms with Crippen LogP contribution in [0.5, 0.6) is 0 Å². The SMILES string of the molecule is CC(=O)OC[C@H]1O[C@@H](OC[C@H]2O[C@H](O)[C@H](OCc3ccccc3)[C@@H](OCc3ccccc3)[C@@H]2OCc2ccccc2)[C@H](OC(C)=O)[C@@H](OC(C)=O)[C@@H]1OC(C)=O. The number of hydrogen-bond donors (Lipinski definition) is 1. The monoisotopic (exact) mass is 780 g/mol. The van der Waals surface area contributed by atoms with Crippen LogP contribution in [0.1, 0.15) is 44.4 Å². The second kappa shape index (κ2) is 21.0. The molecule has 56 heavy (non-hydrogen) atoms. The predicted molar refractivity (Wildman–Crippen MR) is 194 cm³/mol. The fourth-order valence-corrected chi connectivity index (χ4v) is 6.41. The van der Waals surface area contributed by atoms with Gasteiger partial charge in [-0.1, -0.05) is 91.0 Å². The van der Waals surface area contributed by atoms with Crippen LogP contribution in [0.4, 0.5) is 0 Å². The maximum absolute atomic E-state index is 12.4. The fourth-order valence-electron chi connectivity index (χ4n) is 6.41. The molecule has 0 aliphatic carbocycles. The smallest absolute Gasteiger partial charge is 0.303 e. The van der Waals surface area contributed by atoms with Crippen molar-refractivity contribution in [1.29, 1.82) is 0 Å². The zero-order valence-corrected chi connectivity index (χ0v) is 31.6. The van der Waals surface area contributed by atoms with Crippen LogP contribution in [0.15, 0.2) is 91.0 Å². The normalized spacial score (nSPS) is 27.4. The van der Waals surface area contributed by atoms with Crippen LogP contribution < -0.4 is 0 Å². The van der Waals surface area contributed by atoms with Crippen LogP contribution in [0.25, 0.3) is 0 Å². The van der Waals surface area contributed by atoms with E-state index in [-0.39, 0.29) is 26.4 Å². The first-order valence-corrected chi connectivity index (χ1v) is 18.2. The summed E-state index contributed by atoms with van der Waals surface area (Å²) in [7, 11) is 0. The molecule has 2 saturated heterocycles. The number of carbonyl (C=O) groups excluding carboxylic acids is 4. The topological polar surface area (TPSA) is 181 Å². The minimum atomic E-state index is -1.53. The molecule has 0 bridgehead atoms. The number of benzene rings is 3. The Morgan fingerprint density at radius 3 is 1.39 bits per heavy atom. The molecular formula is C41H48O15. The number of hydrogen-bond acceptors (Lipinski definition) is 15. The van der Waals surface area contributed by atoms with Crippen LogP contribution in [0.3, 0.4) is 0 Å². The van der Waals surface area contributed by atoms with Crippen molar-refractivity contribution < 1.29 is 71.7 Å². The van der Waals surface area contributed by atoms with Gasteiger partial charge in [0.2, 0.25) is 0 Å². The first-order valence-electron chi connectivity index (χ1n) is 18.2. The van der Waals surface area contributed by atoms with Gasteiger partial charge < -0.3 is 52.5 Å². The fraction of sp³-hybridized carbons (Fsp3) is 0.463. The highest BCUT2D eigenvalue weighted by molar-refractivity contribution is 5.68. The molecule has 2 aliphatic rings. The molecule has 0 spiro atoms. The number of rotatable bonds is 17. The Balaban J connectivity index is 1.46. The van der Waals surface area contributed by atoms with Crippen molar-refractivity contribution in [2.75, 3.05) is 13.2 Å². The number of aliphatic hydroxyl groups excluding tert-OH is 1. The minimum absolute atomic E-state index is 0.122. The highest BCUT2D eigenvalue weighted by atomic mass is 16.7. The second-order valence-corrected chi connectivity index (χ2v) is 13.2. The van der Waals surface area contributed by atoms with E-state index in [9.17, 15) is 24.3 Å². The molecule has 5 rings (SSSR count). The van der Waals surface area contributed by atoms with Crippen LogP contribution >= 0.6 is 0 Å². The third-order valence-electron chi connectivity index (χ3n) is 8.84. The van der Waals surface area contributed by atoms with Gasteiger partial charge in [-0.2, -0.15) is 0 Å². The Hall–Kier alpha value is -4.74. The summed E-state index contributed by atoms with van der Waals surface area (Å²) in [6.07, 6.45) is -12.5. The summed E-state index contributed by atoms with van der Waals surface area (Å²) in [5.74, 6) is -3.00. The summed E-state index contributed by atoms with van der Waals surface area (Å²) in [5, 5.41) is 11.5. The summed E-state index contributed by atoms with van der Waals surface area (Å²) in [5.41, 5.74) is 2.57. The Morgan fingerprint density at radius 1 is 0.482 bits per heavy atom. The van der Waals surface area contributed by atoms with Gasteiger partial charge in [0, 0.05) is 27.7 Å². The van der Waals surface area contributed by atoms with E-state index in [0.717, 1.165) is 37.5 Å². The molecule has 10 atom stereocenters. The largest absolute Gasteiger partial charge is 0.463 e. The van der Waals surface area contributed by atoms with E-state index in [1.54, 1.807) is 0 Å². The second-order valence-electron chi connectivity index (χ2n) is 13.2. The van der Waals surface area contributed by atoms with E-state index in [1.807, 2.05) is 91.0 Å². The molecule has 2 aliphatic heterocycles. The van der Waals surface area contributed by atoms with E-state index < -0.39 is 91.9 Å². The Labute approximate surface area is 325 Å². The molecule has 0 radical (unpaired) electrons. The van der Waals surface area contributed by atoms with Crippen LogP contribution in [-0.4, -0.2) is 104 Å². The lowest BCUT2D eigenvalue weighted by atomic mass is 9.97. The first-order chi connectivity index (χ1) is 27.0. The Kier molecular flexibility index (Phi) is 15.9. The molecule has 3 aromatic rings. The zero-order chi connectivity index (χ0) is 40.0. The lowest BCUT2D eigenvalue weighted by Crippen LogP contribution is -2.64. The van der Waals surface area contributed by atoms with Gasteiger partial charge in [-0.25, -0.2) is 0 Å². The van der Waals surface area contributed by atoms with Crippen LogP contribution in [0, 0.1) is 0 Å². The van der Waals surface area contributed by atoms with Crippen molar-refractivity contribution in [3.05, 3.63) is 108 Å². The number of carbonyl (C=O) groups is 4. The maximum atomic E-state index is 12.4. The lowest BCUT2D eigenvalue weighted by molar-refractivity contribution is -0.339. The molecule has 0 unspecified atom stereocenters. The Morgan fingerprint density at radius 2 is 0.911 bits per heavy atom. The molecule has 0 aromatic heterocycles. The van der Waals surface area contributed by atoms with Crippen molar-refractivity contribution >= 4 is 23.9 Å². The number of ether oxygens (including phenoxy) is 10. The van der Waals surface area contributed by atoms with E-state index in [0.29, 0.717) is 0 Å².